The van der Waals surface area contributed by atoms with E-state index in [1.165, 1.54) is 0 Å². The Morgan fingerprint density at radius 2 is 1.97 bits per heavy atom. The highest BCUT2D eigenvalue weighted by Crippen LogP contribution is 2.32. The fraction of sp³-hybridized carbons (Fsp3) is 0.273. The Hall–Kier alpha value is -2.93. The number of ether oxygens (including phenoxy) is 2. The molecule has 29 heavy (non-hydrogen) atoms. The number of anilines is 1. The average Bonchev–Trinajstić information content (AvgIpc) is 3.32. The third-order valence-corrected chi connectivity index (χ3v) is 5.55. The van der Waals surface area contributed by atoms with Gasteiger partial charge in [0, 0.05) is 24.1 Å². The van der Waals surface area contributed by atoms with Crippen LogP contribution in [0.4, 0.5) is 5.69 Å². The molecule has 1 aliphatic rings. The van der Waals surface area contributed by atoms with E-state index in [2.05, 4.69) is 9.88 Å². The van der Waals surface area contributed by atoms with E-state index in [0.29, 0.717) is 12.4 Å². The average molecular weight is 410 g/mol. The van der Waals surface area contributed by atoms with Crippen molar-refractivity contribution in [2.75, 3.05) is 17.7 Å². The van der Waals surface area contributed by atoms with Crippen molar-refractivity contribution in [2.24, 2.45) is 0 Å². The molecule has 7 heteroatoms. The van der Waals surface area contributed by atoms with Crippen LogP contribution in [0.2, 0.25) is 0 Å². The molecule has 0 bridgehead atoms. The number of amides is 1. The summed E-state index contributed by atoms with van der Waals surface area (Å²) in [7, 11) is 0. The van der Waals surface area contributed by atoms with Gasteiger partial charge in [-0.1, -0.05) is 30.0 Å². The maximum Gasteiger partial charge on any atom is 0.265 e. The zero-order chi connectivity index (χ0) is 20.2. The minimum atomic E-state index is -0.649. The van der Waals surface area contributed by atoms with Crippen LogP contribution >= 0.6 is 11.8 Å². The second-order valence-electron chi connectivity index (χ2n) is 6.65. The number of aryl methyl sites for hydroxylation is 1. The van der Waals surface area contributed by atoms with Crippen LogP contribution in [0.15, 0.2) is 59.9 Å². The Labute approximate surface area is 174 Å². The highest BCUT2D eigenvalue weighted by Gasteiger charge is 2.20. The maximum atomic E-state index is 12.7. The zero-order valence-electron chi connectivity index (χ0n) is 16.4. The first-order valence-electron chi connectivity index (χ1n) is 9.64. The second kappa shape index (κ2) is 8.61. The quantitative estimate of drug-likeness (QED) is 0.624. The van der Waals surface area contributed by atoms with Gasteiger partial charge >= 0.3 is 0 Å². The summed E-state index contributed by atoms with van der Waals surface area (Å²) in [5, 5.41) is 4.00. The topological polar surface area (TPSA) is 65.4 Å². The summed E-state index contributed by atoms with van der Waals surface area (Å²) < 4.78 is 13.4. The molecule has 0 aliphatic carbocycles. The lowest BCUT2D eigenvalue weighted by Gasteiger charge is -2.16. The number of nitrogens with zero attached hydrogens (tertiary/aromatic N) is 2. The van der Waals surface area contributed by atoms with Gasteiger partial charge in [-0.3, -0.25) is 4.79 Å². The third-order valence-electron chi connectivity index (χ3n) is 4.58. The molecule has 1 N–H and O–H groups in total. The van der Waals surface area contributed by atoms with Crippen LogP contribution in [-0.2, 0) is 11.3 Å². The van der Waals surface area contributed by atoms with Crippen molar-refractivity contribution < 1.29 is 14.3 Å². The highest BCUT2D eigenvalue weighted by molar-refractivity contribution is 7.99. The number of hydrogen-bond donors (Lipinski definition) is 1. The molecule has 0 radical (unpaired) electrons. The van der Waals surface area contributed by atoms with Gasteiger partial charge in [0.15, 0.2) is 11.3 Å². The van der Waals surface area contributed by atoms with Gasteiger partial charge in [0.2, 0.25) is 0 Å². The molecule has 1 aliphatic heterocycles. The summed E-state index contributed by atoms with van der Waals surface area (Å²) >= 11 is 1.75. The van der Waals surface area contributed by atoms with E-state index in [4.69, 9.17) is 14.5 Å². The van der Waals surface area contributed by atoms with Gasteiger partial charge in [-0.15, -0.1) is 0 Å². The number of hydrogen-bond acceptors (Lipinski definition) is 5. The number of carbonyl (C=O) groups is 1. The van der Waals surface area contributed by atoms with Crippen LogP contribution in [0.3, 0.4) is 0 Å². The molecular formula is C22H23N3O3S. The van der Waals surface area contributed by atoms with Crippen molar-refractivity contribution in [3.05, 3.63) is 54.7 Å². The van der Waals surface area contributed by atoms with Crippen LogP contribution in [-0.4, -0.2) is 33.9 Å². The molecule has 0 fully saturated rings. The largest absolute Gasteiger partial charge is 0.494 e. The minimum Gasteiger partial charge on any atom is -0.494 e. The highest BCUT2D eigenvalue weighted by atomic mass is 32.2. The van der Waals surface area contributed by atoms with Crippen LogP contribution < -0.4 is 14.8 Å². The minimum absolute atomic E-state index is 0.215. The summed E-state index contributed by atoms with van der Waals surface area (Å²) in [5.41, 5.74) is 2.49. The van der Waals surface area contributed by atoms with Gasteiger partial charge in [-0.25, -0.2) is 4.98 Å². The van der Waals surface area contributed by atoms with E-state index in [-0.39, 0.29) is 5.91 Å². The molecule has 3 aromatic rings. The van der Waals surface area contributed by atoms with Crippen LogP contribution in [0.25, 0.3) is 11.3 Å². The summed E-state index contributed by atoms with van der Waals surface area (Å²) in [5.74, 6) is 2.23. The molecular weight excluding hydrogens is 386 g/mol. The van der Waals surface area contributed by atoms with Crippen LogP contribution in [0.5, 0.6) is 11.5 Å². The van der Waals surface area contributed by atoms with Crippen molar-refractivity contribution >= 4 is 23.4 Å². The van der Waals surface area contributed by atoms with E-state index in [1.54, 1.807) is 30.8 Å². The normalized spacial score (nSPS) is 13.6. The predicted octanol–water partition coefficient (Wildman–Crippen LogP) is 4.46. The molecule has 2 aromatic carbocycles. The monoisotopic (exact) mass is 409 g/mol. The lowest BCUT2D eigenvalue weighted by atomic mass is 10.1. The zero-order valence-corrected chi connectivity index (χ0v) is 17.2. The Morgan fingerprint density at radius 1 is 1.21 bits per heavy atom. The molecule has 0 saturated heterocycles. The summed E-state index contributed by atoms with van der Waals surface area (Å²) in [6.07, 6.45) is 1.39. The first kappa shape index (κ1) is 19.4. The molecule has 4 rings (SSSR count). The van der Waals surface area contributed by atoms with Crippen molar-refractivity contribution in [3.8, 4) is 22.8 Å². The predicted molar refractivity (Wildman–Crippen MR) is 115 cm³/mol. The molecule has 0 spiro atoms. The van der Waals surface area contributed by atoms with Gasteiger partial charge < -0.3 is 19.4 Å². The van der Waals surface area contributed by atoms with E-state index in [0.717, 1.165) is 40.1 Å². The number of imidazole rings is 1. The van der Waals surface area contributed by atoms with Gasteiger partial charge in [0.05, 0.1) is 18.0 Å². The Bertz CT molecular complexity index is 979. The molecule has 1 amide bonds. The van der Waals surface area contributed by atoms with Gasteiger partial charge in [-0.05, 0) is 44.2 Å². The van der Waals surface area contributed by atoms with Crippen molar-refractivity contribution in [1.29, 1.82) is 0 Å². The van der Waals surface area contributed by atoms with Gasteiger partial charge in [0.1, 0.15) is 11.5 Å². The molecule has 1 atom stereocenters. The van der Waals surface area contributed by atoms with Gasteiger partial charge in [-0.2, -0.15) is 0 Å². The lowest BCUT2D eigenvalue weighted by molar-refractivity contribution is -0.122. The van der Waals surface area contributed by atoms with Crippen molar-refractivity contribution in [2.45, 2.75) is 31.7 Å². The summed E-state index contributed by atoms with van der Waals surface area (Å²) in [4.78, 5) is 17.4. The number of nitrogens with one attached hydrogen (secondary N) is 1. The number of thioether (sulfide) groups is 1. The smallest absolute Gasteiger partial charge is 0.265 e. The number of carbonyl (C=O) groups excluding carboxylic acids is 1. The Morgan fingerprint density at radius 3 is 2.72 bits per heavy atom. The molecule has 2 heterocycles. The molecule has 1 aromatic heterocycles. The number of benzene rings is 2. The Balaban J connectivity index is 1.45. The third kappa shape index (κ3) is 4.40. The molecule has 0 saturated carbocycles. The van der Waals surface area contributed by atoms with Crippen LogP contribution in [0, 0.1) is 0 Å². The van der Waals surface area contributed by atoms with Crippen LogP contribution in [0.1, 0.15) is 13.8 Å². The van der Waals surface area contributed by atoms with Crippen molar-refractivity contribution in [1.82, 2.24) is 9.55 Å². The number of fused-ring (bicyclic) bond motifs is 1. The van der Waals surface area contributed by atoms with E-state index >= 15 is 0 Å². The fourth-order valence-corrected chi connectivity index (χ4v) is 4.07. The SMILES string of the molecule is CCOc1ccc(OC(C)C(=O)Nc2ccccc2-c2cn3c(n2)SCC3)cc1. The molecule has 1 unspecified atom stereocenters. The number of para-hydroxylation sites is 1. The van der Waals surface area contributed by atoms with E-state index in [1.807, 2.05) is 49.5 Å². The van der Waals surface area contributed by atoms with E-state index in [9.17, 15) is 4.79 Å². The summed E-state index contributed by atoms with van der Waals surface area (Å²) in [6, 6.07) is 15.0. The molecule has 6 nitrogen and oxygen atoms in total. The fourth-order valence-electron chi connectivity index (χ4n) is 3.13. The summed E-state index contributed by atoms with van der Waals surface area (Å²) in [6.45, 7) is 5.24. The maximum absolute atomic E-state index is 12.7. The standard InChI is InChI=1S/C22H23N3O3S/c1-3-27-16-8-10-17(11-9-16)28-15(2)21(26)23-19-7-5-4-6-18(19)20-14-25-12-13-29-22(25)24-20/h4-11,14-15H,3,12-13H2,1-2H3,(H,23,26). The lowest BCUT2D eigenvalue weighted by Crippen LogP contribution is -2.30. The first-order valence-corrected chi connectivity index (χ1v) is 10.6. The van der Waals surface area contributed by atoms with Gasteiger partial charge in [0.25, 0.3) is 5.91 Å². The van der Waals surface area contributed by atoms with E-state index < -0.39 is 6.10 Å². The van der Waals surface area contributed by atoms with Crippen molar-refractivity contribution in [3.63, 3.8) is 0 Å². The molecule has 150 valence electrons. The second-order valence-corrected chi connectivity index (χ2v) is 7.71. The number of rotatable bonds is 7. The first-order chi connectivity index (χ1) is 14.1. The Kier molecular flexibility index (Phi) is 5.76. The number of aromatic nitrogens is 2.